The second-order valence-electron chi connectivity index (χ2n) is 4.44. The topological polar surface area (TPSA) is 32.6 Å². The number of aryl methyl sites for hydroxylation is 1. The Hall–Kier alpha value is -0.810. The van der Waals surface area contributed by atoms with E-state index in [1.54, 1.807) is 0 Å². The van der Waals surface area contributed by atoms with E-state index in [9.17, 15) is 0 Å². The fraction of sp³-hybridized carbons (Fsp3) is 0.615. The van der Waals surface area contributed by atoms with Crippen LogP contribution in [0.4, 0.5) is 0 Å². The lowest BCUT2D eigenvalue weighted by Crippen LogP contribution is -2.39. The number of thioether (sulfide) groups is 1. The zero-order valence-corrected chi connectivity index (χ0v) is 13.7. The first-order chi connectivity index (χ1) is 9.08. The van der Waals surface area contributed by atoms with E-state index in [2.05, 4.69) is 21.5 Å². The molecule has 1 heterocycles. The Morgan fingerprint density at radius 3 is 2.84 bits per heavy atom. The van der Waals surface area contributed by atoms with E-state index in [-0.39, 0.29) is 0 Å². The third kappa shape index (κ3) is 5.37. The van der Waals surface area contributed by atoms with Gasteiger partial charge in [-0.25, -0.2) is 0 Å². The van der Waals surface area contributed by atoms with Crippen LogP contribution in [0, 0.1) is 0 Å². The minimum Gasteiger partial charge on any atom is -0.356 e. The second kappa shape index (κ2) is 8.38. The zero-order valence-electron chi connectivity index (χ0n) is 12.1. The maximum Gasteiger partial charge on any atom is 0.193 e. The molecule has 4 nitrogen and oxygen atoms in total. The highest BCUT2D eigenvalue weighted by Gasteiger charge is 2.09. The third-order valence-corrected chi connectivity index (χ3v) is 3.76. The SMILES string of the molecule is CN=C(NCCCSC)N(C)Cc1cc(Cl)cn1C. The Labute approximate surface area is 125 Å². The summed E-state index contributed by atoms with van der Waals surface area (Å²) in [6.07, 6.45) is 5.18. The number of rotatable bonds is 6. The van der Waals surface area contributed by atoms with Gasteiger partial charge in [0.2, 0.25) is 0 Å². The van der Waals surface area contributed by atoms with Crippen molar-refractivity contribution in [2.75, 3.05) is 32.6 Å². The van der Waals surface area contributed by atoms with Crippen LogP contribution in [0.2, 0.25) is 5.02 Å². The first kappa shape index (κ1) is 16.2. The molecule has 1 aromatic rings. The van der Waals surface area contributed by atoms with Gasteiger partial charge in [0.1, 0.15) is 0 Å². The van der Waals surface area contributed by atoms with E-state index in [0.29, 0.717) is 0 Å². The van der Waals surface area contributed by atoms with Crippen molar-refractivity contribution >= 4 is 29.3 Å². The van der Waals surface area contributed by atoms with Crippen LogP contribution in [0.25, 0.3) is 0 Å². The van der Waals surface area contributed by atoms with Crippen LogP contribution in [-0.4, -0.2) is 48.1 Å². The normalized spacial score (nSPS) is 11.7. The minimum atomic E-state index is 0.772. The maximum absolute atomic E-state index is 5.99. The van der Waals surface area contributed by atoms with Crippen molar-refractivity contribution in [1.29, 1.82) is 0 Å². The molecule has 0 saturated carbocycles. The molecule has 108 valence electrons. The lowest BCUT2D eigenvalue weighted by Gasteiger charge is -2.22. The number of aliphatic imine (C=N–C) groups is 1. The van der Waals surface area contributed by atoms with Crippen LogP contribution < -0.4 is 5.32 Å². The average molecular weight is 303 g/mol. The van der Waals surface area contributed by atoms with Gasteiger partial charge in [-0.1, -0.05) is 11.6 Å². The first-order valence-electron chi connectivity index (χ1n) is 6.30. The van der Waals surface area contributed by atoms with Crippen LogP contribution in [0.5, 0.6) is 0 Å². The lowest BCUT2D eigenvalue weighted by molar-refractivity contribution is 0.462. The molecule has 19 heavy (non-hydrogen) atoms. The molecule has 1 rings (SSSR count). The van der Waals surface area contributed by atoms with Crippen molar-refractivity contribution in [2.45, 2.75) is 13.0 Å². The van der Waals surface area contributed by atoms with Crippen LogP contribution in [0.1, 0.15) is 12.1 Å². The summed E-state index contributed by atoms with van der Waals surface area (Å²) >= 11 is 7.86. The summed E-state index contributed by atoms with van der Waals surface area (Å²) < 4.78 is 2.04. The fourth-order valence-corrected chi connectivity index (χ4v) is 2.55. The van der Waals surface area contributed by atoms with Gasteiger partial charge in [-0.15, -0.1) is 0 Å². The molecule has 0 unspecified atom stereocenters. The molecule has 0 spiro atoms. The predicted octanol–water partition coefficient (Wildman–Crippen LogP) is 2.44. The molecular formula is C13H23ClN4S. The molecule has 6 heteroatoms. The average Bonchev–Trinajstić information content (AvgIpc) is 2.68. The Kier molecular flexibility index (Phi) is 7.16. The van der Waals surface area contributed by atoms with Gasteiger partial charge in [-0.3, -0.25) is 4.99 Å². The van der Waals surface area contributed by atoms with E-state index in [4.69, 9.17) is 11.6 Å². The van der Waals surface area contributed by atoms with Crippen LogP contribution in [-0.2, 0) is 13.6 Å². The zero-order chi connectivity index (χ0) is 14.3. The van der Waals surface area contributed by atoms with Crippen molar-refractivity contribution < 1.29 is 0 Å². The summed E-state index contributed by atoms with van der Waals surface area (Å²) in [4.78, 5) is 6.40. The third-order valence-electron chi connectivity index (χ3n) is 2.86. The molecular weight excluding hydrogens is 280 g/mol. The van der Waals surface area contributed by atoms with Gasteiger partial charge >= 0.3 is 0 Å². The minimum absolute atomic E-state index is 0.772. The summed E-state index contributed by atoms with van der Waals surface area (Å²) in [6.45, 7) is 1.73. The Bertz CT molecular complexity index is 417. The predicted molar refractivity (Wildman–Crippen MR) is 86.3 cm³/mol. The lowest BCUT2D eigenvalue weighted by atomic mass is 10.4. The molecule has 0 atom stereocenters. The highest BCUT2D eigenvalue weighted by Crippen LogP contribution is 2.14. The molecule has 0 aliphatic carbocycles. The largest absolute Gasteiger partial charge is 0.356 e. The number of aromatic nitrogens is 1. The van der Waals surface area contributed by atoms with E-state index >= 15 is 0 Å². The molecule has 0 saturated heterocycles. The number of nitrogens with zero attached hydrogens (tertiary/aromatic N) is 3. The van der Waals surface area contributed by atoms with Gasteiger partial charge in [0.25, 0.3) is 0 Å². The van der Waals surface area contributed by atoms with Gasteiger partial charge in [-0.05, 0) is 24.5 Å². The Morgan fingerprint density at radius 2 is 2.32 bits per heavy atom. The van der Waals surface area contributed by atoms with Crippen LogP contribution in [0.3, 0.4) is 0 Å². The van der Waals surface area contributed by atoms with Gasteiger partial charge in [0.05, 0.1) is 11.6 Å². The van der Waals surface area contributed by atoms with Gasteiger partial charge < -0.3 is 14.8 Å². The van der Waals surface area contributed by atoms with Crippen molar-refractivity contribution in [3.05, 3.63) is 23.0 Å². The summed E-state index contributed by atoms with van der Waals surface area (Å²) in [6, 6.07) is 1.99. The summed E-state index contributed by atoms with van der Waals surface area (Å²) in [7, 11) is 5.85. The molecule has 0 amide bonds. The molecule has 0 aliphatic rings. The summed E-state index contributed by atoms with van der Waals surface area (Å²) in [5.41, 5.74) is 1.17. The van der Waals surface area contributed by atoms with Crippen molar-refractivity contribution in [3.8, 4) is 0 Å². The van der Waals surface area contributed by atoms with Gasteiger partial charge in [0, 0.05) is 39.6 Å². The molecule has 0 bridgehead atoms. The Morgan fingerprint density at radius 1 is 1.58 bits per heavy atom. The molecule has 0 aromatic carbocycles. The smallest absolute Gasteiger partial charge is 0.193 e. The van der Waals surface area contributed by atoms with Gasteiger partial charge in [0.15, 0.2) is 5.96 Å². The molecule has 1 N–H and O–H groups in total. The van der Waals surface area contributed by atoms with Crippen molar-refractivity contribution in [1.82, 2.24) is 14.8 Å². The Balaban J connectivity index is 2.50. The molecule has 0 radical (unpaired) electrons. The number of hydrogen-bond donors (Lipinski definition) is 1. The number of guanidine groups is 1. The van der Waals surface area contributed by atoms with Crippen LogP contribution in [0.15, 0.2) is 17.3 Å². The van der Waals surface area contributed by atoms with E-state index in [0.717, 1.165) is 30.5 Å². The van der Waals surface area contributed by atoms with Crippen molar-refractivity contribution in [3.63, 3.8) is 0 Å². The maximum atomic E-state index is 5.99. The van der Waals surface area contributed by atoms with E-state index in [1.807, 2.05) is 49.7 Å². The monoisotopic (exact) mass is 302 g/mol. The second-order valence-corrected chi connectivity index (χ2v) is 5.86. The van der Waals surface area contributed by atoms with Crippen molar-refractivity contribution in [2.24, 2.45) is 12.0 Å². The fourth-order valence-electron chi connectivity index (χ4n) is 1.84. The highest BCUT2D eigenvalue weighted by atomic mass is 35.5. The molecule has 0 fully saturated rings. The number of hydrogen-bond acceptors (Lipinski definition) is 2. The summed E-state index contributed by atoms with van der Waals surface area (Å²) in [5, 5.41) is 4.14. The van der Waals surface area contributed by atoms with Gasteiger partial charge in [-0.2, -0.15) is 11.8 Å². The van der Waals surface area contributed by atoms with E-state index in [1.165, 1.54) is 11.4 Å². The molecule has 1 aromatic heterocycles. The van der Waals surface area contributed by atoms with Crippen LogP contribution >= 0.6 is 23.4 Å². The number of halogens is 1. The first-order valence-corrected chi connectivity index (χ1v) is 8.07. The highest BCUT2D eigenvalue weighted by molar-refractivity contribution is 7.98. The summed E-state index contributed by atoms with van der Waals surface area (Å²) in [5.74, 6) is 2.08. The standard InChI is InChI=1S/C13H23ClN4S/c1-15-13(16-6-5-7-19-4)18(3)10-12-8-11(14)9-17(12)2/h8-9H,5-7,10H2,1-4H3,(H,15,16). The number of nitrogens with one attached hydrogen (secondary N) is 1. The quantitative estimate of drug-likeness (QED) is 0.498. The molecule has 0 aliphatic heterocycles. The van der Waals surface area contributed by atoms with E-state index < -0.39 is 0 Å².